The fourth-order valence-electron chi connectivity index (χ4n) is 5.34. The lowest BCUT2D eigenvalue weighted by Crippen LogP contribution is -2.28. The van der Waals surface area contributed by atoms with Crippen LogP contribution in [0.15, 0.2) is 6.07 Å². The Morgan fingerprint density at radius 2 is 1.91 bits per heavy atom. The van der Waals surface area contributed by atoms with Crippen LogP contribution in [-0.4, -0.2) is 42.2 Å². The molecule has 6 heteroatoms. The summed E-state index contributed by atoms with van der Waals surface area (Å²) in [6.07, 6.45) is 5.49. The summed E-state index contributed by atoms with van der Waals surface area (Å²) >= 11 is 0. The highest BCUT2D eigenvalue weighted by Crippen LogP contribution is 2.45. The first-order valence-electron chi connectivity index (χ1n) is 9.11. The van der Waals surface area contributed by atoms with E-state index < -0.39 is 0 Å². The lowest BCUT2D eigenvalue weighted by atomic mass is 9.95. The molecular weight excluding hydrogens is 288 g/mol. The highest BCUT2D eigenvalue weighted by atomic mass is 15.3. The van der Waals surface area contributed by atoms with Crippen LogP contribution in [0.3, 0.4) is 0 Å². The fraction of sp³-hybridized carbons (Fsp3) is 0.765. The monoisotopic (exact) mass is 314 g/mol. The van der Waals surface area contributed by atoms with E-state index in [1.54, 1.807) is 0 Å². The Balaban J connectivity index is 1.33. The van der Waals surface area contributed by atoms with Crippen molar-refractivity contribution in [3.05, 3.63) is 6.07 Å². The summed E-state index contributed by atoms with van der Waals surface area (Å²) in [6, 6.07) is 2.69. The van der Waals surface area contributed by atoms with Crippen molar-refractivity contribution in [2.45, 2.75) is 31.7 Å². The summed E-state index contributed by atoms with van der Waals surface area (Å²) in [5.74, 6) is 5.58. The molecule has 5 atom stereocenters. The van der Waals surface area contributed by atoms with E-state index in [1.165, 1.54) is 25.7 Å². The van der Waals surface area contributed by atoms with Gasteiger partial charge < -0.3 is 21.3 Å². The van der Waals surface area contributed by atoms with Gasteiger partial charge in [0.05, 0.1) is 0 Å². The van der Waals surface area contributed by atoms with Gasteiger partial charge in [-0.05, 0) is 42.9 Å². The number of rotatable bonds is 3. The third-order valence-corrected chi connectivity index (χ3v) is 6.51. The van der Waals surface area contributed by atoms with Gasteiger partial charge in [-0.25, -0.2) is 0 Å². The Hall–Kier alpha value is -1.56. The number of fused-ring (bicyclic) bond motifs is 3. The number of nitrogens with one attached hydrogen (secondary N) is 2. The molecule has 2 aliphatic carbocycles. The fourth-order valence-corrected chi connectivity index (χ4v) is 5.34. The first kappa shape index (κ1) is 13.8. The third-order valence-electron chi connectivity index (χ3n) is 6.51. The quantitative estimate of drug-likeness (QED) is 0.781. The standard InChI is InChI=1S/C17H26N6/c18-17-21-15(20-14-4-10-1-2-11(14)3-10)5-16(22-17)23-8-12-6-19-7-13(12)9-23/h5,10-14,19H,1-4,6-9H2,(H3,18,20,21,22). The molecule has 0 aromatic carbocycles. The lowest BCUT2D eigenvalue weighted by molar-refractivity contribution is 0.439. The number of nitrogens with zero attached hydrogens (tertiary/aromatic N) is 3. The summed E-state index contributed by atoms with van der Waals surface area (Å²) in [5, 5.41) is 7.14. The SMILES string of the molecule is Nc1nc(NC2CC3CCC2C3)cc(N2CC3CNCC3C2)n1. The molecule has 2 bridgehead atoms. The molecule has 2 aliphatic heterocycles. The van der Waals surface area contributed by atoms with Gasteiger partial charge in [0.15, 0.2) is 0 Å². The van der Waals surface area contributed by atoms with Crippen LogP contribution < -0.4 is 21.3 Å². The Bertz CT molecular complexity index is 593. The second-order valence-electron chi connectivity index (χ2n) is 7.98. The Morgan fingerprint density at radius 1 is 1.09 bits per heavy atom. The number of hydrogen-bond acceptors (Lipinski definition) is 6. The maximum atomic E-state index is 5.99. The van der Waals surface area contributed by atoms with E-state index in [0.717, 1.165) is 61.5 Å². The van der Waals surface area contributed by atoms with Gasteiger partial charge in [0, 0.05) is 38.3 Å². The average Bonchev–Trinajstić information content (AvgIpc) is 3.26. The van der Waals surface area contributed by atoms with Gasteiger partial charge in [-0.15, -0.1) is 0 Å². The third kappa shape index (κ3) is 2.43. The van der Waals surface area contributed by atoms with Crippen LogP contribution >= 0.6 is 0 Å². The van der Waals surface area contributed by atoms with Crippen molar-refractivity contribution in [2.24, 2.45) is 23.7 Å². The molecule has 6 nitrogen and oxygen atoms in total. The lowest BCUT2D eigenvalue weighted by Gasteiger charge is -2.25. The first-order valence-corrected chi connectivity index (χ1v) is 9.11. The molecule has 2 saturated carbocycles. The van der Waals surface area contributed by atoms with E-state index >= 15 is 0 Å². The van der Waals surface area contributed by atoms with E-state index in [9.17, 15) is 0 Å². The van der Waals surface area contributed by atoms with Gasteiger partial charge in [-0.3, -0.25) is 0 Å². The average molecular weight is 314 g/mol. The molecule has 2 saturated heterocycles. The largest absolute Gasteiger partial charge is 0.368 e. The molecule has 3 heterocycles. The molecule has 1 aromatic heterocycles. The zero-order valence-electron chi connectivity index (χ0n) is 13.5. The number of nitrogen functional groups attached to an aromatic ring is 1. The molecule has 0 spiro atoms. The van der Waals surface area contributed by atoms with Crippen molar-refractivity contribution in [3.8, 4) is 0 Å². The predicted molar refractivity (Wildman–Crippen MR) is 91.4 cm³/mol. The van der Waals surface area contributed by atoms with Crippen LogP contribution in [0.5, 0.6) is 0 Å². The minimum absolute atomic E-state index is 0.392. The van der Waals surface area contributed by atoms with Crippen molar-refractivity contribution in [2.75, 3.05) is 42.1 Å². The summed E-state index contributed by atoms with van der Waals surface area (Å²) < 4.78 is 0. The van der Waals surface area contributed by atoms with Crippen molar-refractivity contribution in [1.82, 2.24) is 15.3 Å². The van der Waals surface area contributed by atoms with Crippen LogP contribution in [0.1, 0.15) is 25.7 Å². The summed E-state index contributed by atoms with van der Waals surface area (Å²) in [7, 11) is 0. The van der Waals surface area contributed by atoms with Gasteiger partial charge in [0.2, 0.25) is 5.95 Å². The van der Waals surface area contributed by atoms with Gasteiger partial charge in [-0.2, -0.15) is 9.97 Å². The predicted octanol–water partition coefficient (Wildman–Crippen LogP) is 1.31. The van der Waals surface area contributed by atoms with Crippen molar-refractivity contribution >= 4 is 17.6 Å². The Labute approximate surface area is 137 Å². The molecule has 0 amide bonds. The van der Waals surface area contributed by atoms with Crippen molar-refractivity contribution in [3.63, 3.8) is 0 Å². The number of nitrogens with two attached hydrogens (primary N) is 1. The number of hydrogen-bond donors (Lipinski definition) is 3. The van der Waals surface area contributed by atoms with Gasteiger partial charge in [0.25, 0.3) is 0 Å². The number of aromatic nitrogens is 2. The second-order valence-corrected chi connectivity index (χ2v) is 7.98. The summed E-state index contributed by atoms with van der Waals surface area (Å²) in [6.45, 7) is 4.44. The van der Waals surface area contributed by atoms with Crippen molar-refractivity contribution < 1.29 is 0 Å². The maximum absolute atomic E-state index is 5.99. The molecule has 4 N–H and O–H groups in total. The molecule has 0 radical (unpaired) electrons. The van der Waals surface area contributed by atoms with E-state index in [-0.39, 0.29) is 0 Å². The summed E-state index contributed by atoms with van der Waals surface area (Å²) in [4.78, 5) is 11.3. The molecule has 23 heavy (non-hydrogen) atoms. The Kier molecular flexibility index (Phi) is 3.15. The van der Waals surface area contributed by atoms with Gasteiger partial charge in [-0.1, -0.05) is 6.42 Å². The molecular formula is C17H26N6. The highest BCUT2D eigenvalue weighted by molar-refractivity contribution is 5.54. The van der Waals surface area contributed by atoms with E-state index in [1.807, 2.05) is 0 Å². The smallest absolute Gasteiger partial charge is 0.223 e. The van der Waals surface area contributed by atoms with Gasteiger partial charge in [0.1, 0.15) is 11.6 Å². The van der Waals surface area contributed by atoms with Crippen LogP contribution in [0.25, 0.3) is 0 Å². The Morgan fingerprint density at radius 3 is 2.61 bits per heavy atom. The van der Waals surface area contributed by atoms with E-state index in [2.05, 4.69) is 31.6 Å². The number of anilines is 3. The topological polar surface area (TPSA) is 79.1 Å². The normalized spacial score (nSPS) is 38.3. The van der Waals surface area contributed by atoms with Crippen molar-refractivity contribution in [1.29, 1.82) is 0 Å². The molecule has 4 aliphatic rings. The van der Waals surface area contributed by atoms with Crippen LogP contribution in [-0.2, 0) is 0 Å². The molecule has 1 aromatic rings. The second kappa shape index (κ2) is 5.23. The van der Waals surface area contributed by atoms with E-state index in [4.69, 9.17) is 5.73 Å². The maximum Gasteiger partial charge on any atom is 0.223 e. The zero-order chi connectivity index (χ0) is 15.4. The highest BCUT2D eigenvalue weighted by Gasteiger charge is 2.40. The molecule has 5 rings (SSSR count). The van der Waals surface area contributed by atoms with Gasteiger partial charge >= 0.3 is 0 Å². The van der Waals surface area contributed by atoms with Crippen LogP contribution in [0, 0.1) is 23.7 Å². The molecule has 4 fully saturated rings. The minimum atomic E-state index is 0.392. The van der Waals surface area contributed by atoms with Crippen LogP contribution in [0.2, 0.25) is 0 Å². The van der Waals surface area contributed by atoms with Crippen LogP contribution in [0.4, 0.5) is 17.6 Å². The minimum Gasteiger partial charge on any atom is -0.368 e. The molecule has 124 valence electrons. The zero-order valence-corrected chi connectivity index (χ0v) is 13.5. The molecule has 5 unspecified atom stereocenters. The van der Waals surface area contributed by atoms with E-state index in [0.29, 0.717) is 12.0 Å². The first-order chi connectivity index (χ1) is 11.2. The summed E-state index contributed by atoms with van der Waals surface area (Å²) in [5.41, 5.74) is 5.99.